The third-order valence-electron chi connectivity index (χ3n) is 4.79. The van der Waals surface area contributed by atoms with Crippen LogP contribution < -0.4 is 4.74 Å². The molecule has 1 atom stereocenters. The van der Waals surface area contributed by atoms with Gasteiger partial charge in [-0.1, -0.05) is 30.3 Å². The number of benzene rings is 3. The quantitative estimate of drug-likeness (QED) is 0.296. The van der Waals surface area contributed by atoms with Crippen molar-refractivity contribution in [2.24, 2.45) is 0 Å². The molecule has 5 aromatic rings. The van der Waals surface area contributed by atoms with Crippen LogP contribution in [0, 0.1) is 0 Å². The van der Waals surface area contributed by atoms with Gasteiger partial charge in [0, 0.05) is 11.8 Å². The van der Waals surface area contributed by atoms with Crippen LogP contribution >= 0.6 is 7.77 Å². The number of fused-ring (bicyclic) bond motifs is 3. The maximum atomic E-state index is 6.52. The number of aromatic nitrogens is 1. The van der Waals surface area contributed by atoms with E-state index in [0.29, 0.717) is 5.58 Å². The minimum absolute atomic E-state index is 0.713. The van der Waals surface area contributed by atoms with Crippen molar-refractivity contribution in [1.29, 1.82) is 0 Å². The van der Waals surface area contributed by atoms with E-state index in [1.165, 1.54) is 0 Å². The highest BCUT2D eigenvalue weighted by Gasteiger charge is 2.26. The Hall–Kier alpha value is -3.49. The van der Waals surface area contributed by atoms with Crippen molar-refractivity contribution in [1.82, 2.24) is 4.98 Å². The summed E-state index contributed by atoms with van der Waals surface area (Å²) < 4.78 is 19.1. The van der Waals surface area contributed by atoms with Crippen molar-refractivity contribution in [3.05, 3.63) is 85.1 Å². The first-order chi connectivity index (χ1) is 13.9. The van der Waals surface area contributed by atoms with Crippen molar-refractivity contribution in [2.75, 3.05) is 0 Å². The molecule has 0 aliphatic carbocycles. The average molecular weight is 383 g/mol. The van der Waals surface area contributed by atoms with Crippen LogP contribution in [-0.2, 0) is 0 Å². The van der Waals surface area contributed by atoms with Crippen LogP contribution in [0.15, 0.2) is 93.7 Å². The van der Waals surface area contributed by atoms with Gasteiger partial charge in [0.15, 0.2) is 16.9 Å². The minimum Gasteiger partial charge on any atom is -0.454 e. The molecule has 3 heterocycles. The zero-order valence-corrected chi connectivity index (χ0v) is 15.6. The molecule has 2 aromatic heterocycles. The van der Waals surface area contributed by atoms with Crippen molar-refractivity contribution in [3.63, 3.8) is 0 Å². The normalized spacial score (nSPS) is 12.5. The second-order valence-corrected chi connectivity index (χ2v) is 8.21. The summed E-state index contributed by atoms with van der Waals surface area (Å²) in [6.45, 7) is 0. The number of hydrogen-bond acceptors (Lipinski definition) is 4. The Balaban J connectivity index is 1.83. The molecule has 0 spiro atoms. The Kier molecular flexibility index (Phi) is 3.34. The van der Waals surface area contributed by atoms with Crippen LogP contribution in [0.2, 0.25) is 0 Å². The zero-order valence-electron chi connectivity index (χ0n) is 14.7. The summed E-state index contributed by atoms with van der Waals surface area (Å²) in [5, 5.41) is 2.00. The van der Waals surface area contributed by atoms with E-state index >= 15 is 0 Å². The first-order valence-corrected chi connectivity index (χ1v) is 10.2. The fraction of sp³-hybridized carbons (Fsp3) is 0. The Morgan fingerprint density at radius 1 is 0.714 bits per heavy atom. The lowest BCUT2D eigenvalue weighted by Crippen LogP contribution is -1.95. The molecule has 0 saturated heterocycles. The van der Waals surface area contributed by atoms with Gasteiger partial charge in [0.1, 0.15) is 16.5 Å². The van der Waals surface area contributed by atoms with E-state index in [1.807, 2.05) is 72.8 Å². The first kappa shape index (κ1) is 15.6. The standard InChI is InChI=1S/C23H14NO3P/c1-2-9-18-17(8-1)25-20-13-12-15(16-7-5-6-14-24-16)22-23(20)28(27-18)21-11-4-3-10-19(21)26-22/h1-14H. The second kappa shape index (κ2) is 6.01. The molecule has 0 amide bonds. The molecule has 0 saturated carbocycles. The van der Waals surface area contributed by atoms with Gasteiger partial charge in [0.25, 0.3) is 0 Å². The number of rotatable bonds is 1. The lowest BCUT2D eigenvalue weighted by atomic mass is 10.1. The Labute approximate surface area is 161 Å². The highest BCUT2D eigenvalue weighted by molar-refractivity contribution is 7.57. The van der Waals surface area contributed by atoms with E-state index < -0.39 is 7.77 Å². The number of pyridine rings is 1. The minimum atomic E-state index is -1.13. The van der Waals surface area contributed by atoms with E-state index in [1.54, 1.807) is 6.20 Å². The summed E-state index contributed by atoms with van der Waals surface area (Å²) in [5.41, 5.74) is 4.01. The molecule has 0 bridgehead atoms. The van der Waals surface area contributed by atoms with Crippen molar-refractivity contribution < 1.29 is 13.4 Å². The number of hydrogen-bond donors (Lipinski definition) is 0. The number of nitrogens with zero attached hydrogens (tertiary/aromatic N) is 1. The third kappa shape index (κ3) is 2.29. The summed E-state index contributed by atoms with van der Waals surface area (Å²) in [6.07, 6.45) is 1.79. The largest absolute Gasteiger partial charge is 0.454 e. The van der Waals surface area contributed by atoms with E-state index in [0.717, 1.165) is 44.3 Å². The van der Waals surface area contributed by atoms with Gasteiger partial charge in [-0.15, -0.1) is 0 Å². The van der Waals surface area contributed by atoms with Crippen LogP contribution in [0.25, 0.3) is 38.4 Å². The summed E-state index contributed by atoms with van der Waals surface area (Å²) in [5.74, 6) is 1.57. The van der Waals surface area contributed by atoms with Crippen molar-refractivity contribution in [3.8, 4) is 28.1 Å². The maximum Gasteiger partial charge on any atom is 0.173 e. The molecule has 0 fully saturated rings. The summed E-state index contributed by atoms with van der Waals surface area (Å²) in [6, 6.07) is 25.7. The highest BCUT2D eigenvalue weighted by Crippen LogP contribution is 2.59. The maximum absolute atomic E-state index is 6.52. The average Bonchev–Trinajstić information content (AvgIpc) is 2.92. The first-order valence-electron chi connectivity index (χ1n) is 8.99. The molecule has 134 valence electrons. The fourth-order valence-electron chi connectivity index (χ4n) is 3.52. The monoisotopic (exact) mass is 383 g/mol. The second-order valence-electron chi connectivity index (χ2n) is 6.51. The van der Waals surface area contributed by atoms with E-state index in [2.05, 4.69) is 11.1 Å². The SMILES string of the molecule is c1ccc(-c2ccc3oc4ccccc4op4c3c2Oc2ccccc2-4)nc1. The predicted octanol–water partition coefficient (Wildman–Crippen LogP) is 7.45. The molecule has 0 N–H and O–H groups in total. The van der Waals surface area contributed by atoms with Gasteiger partial charge >= 0.3 is 0 Å². The molecule has 1 aliphatic heterocycles. The molecule has 28 heavy (non-hydrogen) atoms. The van der Waals surface area contributed by atoms with Crippen LogP contribution in [0.1, 0.15) is 0 Å². The van der Waals surface area contributed by atoms with Crippen LogP contribution in [0.5, 0.6) is 11.5 Å². The Morgan fingerprint density at radius 2 is 1.54 bits per heavy atom. The summed E-state index contributed by atoms with van der Waals surface area (Å²) >= 11 is 0. The van der Waals surface area contributed by atoms with Crippen LogP contribution in [0.3, 0.4) is 0 Å². The number of para-hydroxylation sites is 3. The van der Waals surface area contributed by atoms with Crippen molar-refractivity contribution in [2.45, 2.75) is 0 Å². The molecule has 4 nitrogen and oxygen atoms in total. The predicted molar refractivity (Wildman–Crippen MR) is 111 cm³/mol. The molecule has 1 unspecified atom stereocenters. The van der Waals surface area contributed by atoms with Gasteiger partial charge in [-0.25, -0.2) is 0 Å². The Bertz CT molecular complexity index is 1390. The highest BCUT2D eigenvalue weighted by atomic mass is 31.1. The zero-order chi connectivity index (χ0) is 18.5. The molecule has 6 rings (SSSR count). The lowest BCUT2D eigenvalue weighted by molar-refractivity contribution is 0.490. The smallest absolute Gasteiger partial charge is 0.173 e. The molecule has 1 aliphatic rings. The third-order valence-corrected chi connectivity index (χ3v) is 6.81. The van der Waals surface area contributed by atoms with Gasteiger partial charge in [-0.3, -0.25) is 4.98 Å². The van der Waals surface area contributed by atoms with Crippen LogP contribution in [-0.4, -0.2) is 4.98 Å². The molecular weight excluding hydrogens is 369 g/mol. The Morgan fingerprint density at radius 3 is 2.43 bits per heavy atom. The van der Waals surface area contributed by atoms with E-state index in [4.69, 9.17) is 13.4 Å². The van der Waals surface area contributed by atoms with Gasteiger partial charge in [0.05, 0.1) is 18.8 Å². The van der Waals surface area contributed by atoms with Gasteiger partial charge in [-0.05, 0) is 48.5 Å². The van der Waals surface area contributed by atoms with Crippen molar-refractivity contribution >= 4 is 29.6 Å². The van der Waals surface area contributed by atoms with E-state index in [-0.39, 0.29) is 0 Å². The summed E-state index contributed by atoms with van der Waals surface area (Å²) in [7, 11) is -1.13. The summed E-state index contributed by atoms with van der Waals surface area (Å²) in [4.78, 5) is 4.52. The van der Waals surface area contributed by atoms with E-state index in [9.17, 15) is 0 Å². The van der Waals surface area contributed by atoms with Gasteiger partial charge in [-0.2, -0.15) is 0 Å². The molecular formula is C23H14NO3P. The topological polar surface area (TPSA) is 48.4 Å². The molecule has 0 radical (unpaired) electrons. The molecule has 3 aromatic carbocycles. The lowest BCUT2D eigenvalue weighted by Gasteiger charge is -2.20. The molecule has 5 heteroatoms. The fourth-order valence-corrected chi connectivity index (χ4v) is 5.51. The van der Waals surface area contributed by atoms with Gasteiger partial charge < -0.3 is 13.4 Å². The number of ether oxygens (including phenoxy) is 1. The van der Waals surface area contributed by atoms with Crippen LogP contribution in [0.4, 0.5) is 0 Å². The van der Waals surface area contributed by atoms with Gasteiger partial charge in [0.2, 0.25) is 0 Å².